The van der Waals surface area contributed by atoms with Crippen LogP contribution in [-0.4, -0.2) is 23.1 Å². The Hall–Kier alpha value is -2.86. The van der Waals surface area contributed by atoms with Crippen LogP contribution >= 0.6 is 11.3 Å². The maximum absolute atomic E-state index is 12.2. The number of ether oxygens (including phenoxy) is 1. The van der Waals surface area contributed by atoms with Gasteiger partial charge in [0.05, 0.1) is 12.1 Å². The number of aromatic nitrogens is 1. The van der Waals surface area contributed by atoms with E-state index >= 15 is 0 Å². The second-order valence-electron chi connectivity index (χ2n) is 5.16. The van der Waals surface area contributed by atoms with Gasteiger partial charge in [0.1, 0.15) is 17.2 Å². The van der Waals surface area contributed by atoms with Crippen molar-refractivity contribution < 1.29 is 14.6 Å². The third-order valence-electron chi connectivity index (χ3n) is 3.40. The molecule has 1 heterocycles. The molecule has 0 fully saturated rings. The Morgan fingerprint density at radius 2 is 2.04 bits per heavy atom. The normalized spacial score (nSPS) is 10.4. The Bertz CT molecular complexity index is 843. The van der Waals surface area contributed by atoms with Gasteiger partial charge in [-0.25, -0.2) is 4.98 Å². The van der Waals surface area contributed by atoms with Crippen molar-refractivity contribution in [2.45, 2.75) is 6.42 Å². The highest BCUT2D eigenvalue weighted by molar-refractivity contribution is 7.09. The number of amides is 1. The number of nitrogens with zero attached hydrogens (tertiary/aromatic N) is 1. The van der Waals surface area contributed by atoms with Crippen molar-refractivity contribution in [3.8, 4) is 11.5 Å². The van der Waals surface area contributed by atoms with Crippen LogP contribution in [0.5, 0.6) is 11.5 Å². The van der Waals surface area contributed by atoms with Gasteiger partial charge < -0.3 is 15.2 Å². The minimum absolute atomic E-state index is 0.103. The summed E-state index contributed by atoms with van der Waals surface area (Å²) < 4.78 is 5.14. The fraction of sp³-hybridized carbons (Fsp3) is 0.111. The summed E-state index contributed by atoms with van der Waals surface area (Å²) in [6.07, 6.45) is 0.661. The van der Waals surface area contributed by atoms with E-state index in [1.54, 1.807) is 30.7 Å². The van der Waals surface area contributed by atoms with Crippen LogP contribution in [0.15, 0.2) is 53.9 Å². The molecule has 3 rings (SSSR count). The molecule has 24 heavy (non-hydrogen) atoms. The number of methoxy groups -OCH3 is 1. The first-order valence-electron chi connectivity index (χ1n) is 7.32. The van der Waals surface area contributed by atoms with Crippen molar-refractivity contribution in [3.05, 3.63) is 70.2 Å². The number of benzene rings is 2. The van der Waals surface area contributed by atoms with E-state index in [-0.39, 0.29) is 11.7 Å². The molecule has 1 aromatic heterocycles. The molecule has 3 aromatic rings. The average Bonchev–Trinajstić information content (AvgIpc) is 3.04. The molecule has 0 saturated carbocycles. The Morgan fingerprint density at radius 3 is 2.75 bits per heavy atom. The fourth-order valence-electron chi connectivity index (χ4n) is 2.19. The molecule has 0 unspecified atom stereocenters. The first kappa shape index (κ1) is 16.0. The van der Waals surface area contributed by atoms with Crippen LogP contribution < -0.4 is 10.1 Å². The minimum Gasteiger partial charge on any atom is -0.508 e. The molecule has 1 amide bonds. The molecule has 6 heteroatoms. The topological polar surface area (TPSA) is 71.5 Å². The molecule has 0 aliphatic rings. The number of carbonyl (C=O) groups is 1. The summed E-state index contributed by atoms with van der Waals surface area (Å²) in [5, 5.41) is 14.7. The van der Waals surface area contributed by atoms with Crippen molar-refractivity contribution in [3.63, 3.8) is 0 Å². The zero-order chi connectivity index (χ0) is 16.9. The Kier molecular flexibility index (Phi) is 4.77. The summed E-state index contributed by atoms with van der Waals surface area (Å²) in [5.41, 5.74) is 2.00. The molecule has 122 valence electrons. The molecule has 0 atom stereocenters. The summed E-state index contributed by atoms with van der Waals surface area (Å²) in [6.45, 7) is 0. The quantitative estimate of drug-likeness (QED) is 0.743. The van der Waals surface area contributed by atoms with E-state index in [0.717, 1.165) is 16.3 Å². The number of phenolic OH excluding ortho intramolecular Hbond substituents is 1. The Labute approximate surface area is 143 Å². The van der Waals surface area contributed by atoms with Crippen LogP contribution in [0.1, 0.15) is 21.1 Å². The molecule has 0 bridgehead atoms. The van der Waals surface area contributed by atoms with Gasteiger partial charge in [-0.1, -0.05) is 18.2 Å². The van der Waals surface area contributed by atoms with E-state index in [4.69, 9.17) is 4.74 Å². The van der Waals surface area contributed by atoms with Gasteiger partial charge in [-0.05, 0) is 29.8 Å². The summed E-state index contributed by atoms with van der Waals surface area (Å²) in [4.78, 5) is 16.6. The predicted molar refractivity (Wildman–Crippen MR) is 94.0 cm³/mol. The minimum atomic E-state index is -0.294. The van der Waals surface area contributed by atoms with Gasteiger partial charge in [0.15, 0.2) is 0 Å². The van der Waals surface area contributed by atoms with E-state index in [1.807, 2.05) is 24.3 Å². The number of aromatic hydroxyl groups is 1. The van der Waals surface area contributed by atoms with Gasteiger partial charge in [-0.15, -0.1) is 11.3 Å². The number of phenols is 1. The second-order valence-corrected chi connectivity index (χ2v) is 6.10. The molecule has 0 spiro atoms. The standard InChI is InChI=1S/C18H16N2O3S/c1-23-15-7-5-12(6-8-15)9-17-20-16(11-24-17)18(22)19-13-3-2-4-14(21)10-13/h2-8,10-11,21H,9H2,1H3,(H,19,22). The Morgan fingerprint density at radius 1 is 1.25 bits per heavy atom. The highest BCUT2D eigenvalue weighted by Gasteiger charge is 2.11. The smallest absolute Gasteiger partial charge is 0.275 e. The van der Waals surface area contributed by atoms with Gasteiger partial charge in [-0.2, -0.15) is 0 Å². The number of hydrogen-bond donors (Lipinski definition) is 2. The number of carbonyl (C=O) groups excluding carboxylic acids is 1. The van der Waals surface area contributed by atoms with E-state index in [0.29, 0.717) is 17.8 Å². The molecule has 0 radical (unpaired) electrons. The molecule has 0 aliphatic carbocycles. The zero-order valence-electron chi connectivity index (χ0n) is 13.0. The fourth-order valence-corrected chi connectivity index (χ4v) is 3.00. The van der Waals surface area contributed by atoms with Crippen molar-refractivity contribution in [2.75, 3.05) is 12.4 Å². The highest BCUT2D eigenvalue weighted by Crippen LogP contribution is 2.19. The van der Waals surface area contributed by atoms with E-state index < -0.39 is 0 Å². The monoisotopic (exact) mass is 340 g/mol. The lowest BCUT2D eigenvalue weighted by molar-refractivity contribution is 0.102. The Balaban J connectivity index is 1.66. The molecule has 2 aromatic carbocycles. The van der Waals surface area contributed by atoms with Gasteiger partial charge in [0, 0.05) is 23.6 Å². The molecule has 2 N–H and O–H groups in total. The van der Waals surface area contributed by atoms with E-state index in [9.17, 15) is 9.90 Å². The van der Waals surface area contributed by atoms with Crippen LogP contribution in [0.3, 0.4) is 0 Å². The van der Waals surface area contributed by atoms with Crippen molar-refractivity contribution >= 4 is 22.9 Å². The summed E-state index contributed by atoms with van der Waals surface area (Å²) in [7, 11) is 1.63. The van der Waals surface area contributed by atoms with Gasteiger partial charge in [-0.3, -0.25) is 4.79 Å². The number of anilines is 1. The molecule has 0 aliphatic heterocycles. The third kappa shape index (κ3) is 3.91. The third-order valence-corrected chi connectivity index (χ3v) is 4.25. The largest absolute Gasteiger partial charge is 0.508 e. The number of nitrogens with one attached hydrogen (secondary N) is 1. The van der Waals surface area contributed by atoms with Crippen molar-refractivity contribution in [1.82, 2.24) is 4.98 Å². The molecule has 5 nitrogen and oxygen atoms in total. The first-order chi connectivity index (χ1) is 11.6. The van der Waals surface area contributed by atoms with Gasteiger partial charge >= 0.3 is 0 Å². The maximum atomic E-state index is 12.2. The maximum Gasteiger partial charge on any atom is 0.275 e. The summed E-state index contributed by atoms with van der Waals surface area (Å²) in [6, 6.07) is 14.2. The average molecular weight is 340 g/mol. The lowest BCUT2D eigenvalue weighted by Gasteiger charge is -2.03. The number of hydrogen-bond acceptors (Lipinski definition) is 5. The van der Waals surface area contributed by atoms with Crippen LogP contribution in [0.4, 0.5) is 5.69 Å². The molecular weight excluding hydrogens is 324 g/mol. The van der Waals surface area contributed by atoms with Crippen LogP contribution in [-0.2, 0) is 6.42 Å². The SMILES string of the molecule is COc1ccc(Cc2nc(C(=O)Nc3cccc(O)c3)cs2)cc1. The zero-order valence-corrected chi connectivity index (χ0v) is 13.8. The van der Waals surface area contributed by atoms with Crippen molar-refractivity contribution in [2.24, 2.45) is 0 Å². The lowest BCUT2D eigenvalue weighted by atomic mass is 10.1. The predicted octanol–water partition coefficient (Wildman–Crippen LogP) is 3.70. The second kappa shape index (κ2) is 7.14. The summed E-state index contributed by atoms with van der Waals surface area (Å²) >= 11 is 1.44. The van der Waals surface area contributed by atoms with E-state index in [2.05, 4.69) is 10.3 Å². The molecular formula is C18H16N2O3S. The summed E-state index contributed by atoms with van der Waals surface area (Å²) in [5.74, 6) is 0.619. The van der Waals surface area contributed by atoms with Crippen LogP contribution in [0.25, 0.3) is 0 Å². The molecule has 0 saturated heterocycles. The lowest BCUT2D eigenvalue weighted by Crippen LogP contribution is -2.12. The van der Waals surface area contributed by atoms with Crippen molar-refractivity contribution in [1.29, 1.82) is 0 Å². The van der Waals surface area contributed by atoms with Gasteiger partial charge in [0.2, 0.25) is 0 Å². The van der Waals surface area contributed by atoms with Crippen LogP contribution in [0.2, 0.25) is 0 Å². The highest BCUT2D eigenvalue weighted by atomic mass is 32.1. The van der Waals surface area contributed by atoms with E-state index in [1.165, 1.54) is 17.4 Å². The number of thiazole rings is 1. The van der Waals surface area contributed by atoms with Crippen LogP contribution in [0, 0.1) is 0 Å². The van der Waals surface area contributed by atoms with Gasteiger partial charge in [0.25, 0.3) is 5.91 Å². The number of rotatable bonds is 5. The first-order valence-corrected chi connectivity index (χ1v) is 8.20.